The Morgan fingerprint density at radius 1 is 1.45 bits per heavy atom. The summed E-state index contributed by atoms with van der Waals surface area (Å²) >= 11 is 1.32. The topological polar surface area (TPSA) is 33.2 Å². The fourth-order valence-corrected chi connectivity index (χ4v) is 3.99. The molecule has 0 unspecified atom stereocenters. The van der Waals surface area contributed by atoms with E-state index in [9.17, 15) is 18.0 Å². The molecule has 3 nitrogen and oxygen atoms in total. The summed E-state index contributed by atoms with van der Waals surface area (Å²) < 4.78 is 39.4. The zero-order valence-electron chi connectivity index (χ0n) is 10.8. The van der Waals surface area contributed by atoms with Gasteiger partial charge in [-0.05, 0) is 24.7 Å². The molecule has 110 valence electrons. The fraction of sp³-hybridized carbons (Fsp3) is 0.692. The highest BCUT2D eigenvalue weighted by atomic mass is 32.1. The monoisotopic (exact) mass is 304 g/mol. The fourth-order valence-electron chi connectivity index (χ4n) is 3.46. The van der Waals surface area contributed by atoms with Gasteiger partial charge in [0, 0.05) is 18.5 Å². The van der Waals surface area contributed by atoms with Crippen molar-refractivity contribution in [2.24, 2.45) is 11.3 Å². The van der Waals surface area contributed by atoms with E-state index in [1.54, 1.807) is 15.8 Å². The lowest BCUT2D eigenvalue weighted by molar-refractivity contribution is -0.235. The van der Waals surface area contributed by atoms with Gasteiger partial charge >= 0.3 is 6.18 Å². The standard InChI is InChI=1S/C13H15F3N2OS/c14-13(15,16)10-2-5-18(7-12(10)3-1-4-12)11(19)9-6-20-8-17-9/h6,8,10H,1-5,7H2/t10-/m0/s1. The summed E-state index contributed by atoms with van der Waals surface area (Å²) in [6.45, 7) is 0.385. The number of halogens is 3. The Labute approximate surface area is 118 Å². The van der Waals surface area contributed by atoms with Crippen molar-refractivity contribution in [1.82, 2.24) is 9.88 Å². The number of amides is 1. The highest BCUT2D eigenvalue weighted by molar-refractivity contribution is 7.07. The average molecular weight is 304 g/mol. The van der Waals surface area contributed by atoms with Crippen LogP contribution in [0.5, 0.6) is 0 Å². The molecular formula is C13H15F3N2OS. The Morgan fingerprint density at radius 2 is 2.20 bits per heavy atom. The third kappa shape index (κ3) is 2.21. The number of nitrogens with zero attached hydrogens (tertiary/aromatic N) is 2. The van der Waals surface area contributed by atoms with Crippen LogP contribution in [0, 0.1) is 11.3 Å². The van der Waals surface area contributed by atoms with E-state index in [-0.39, 0.29) is 25.4 Å². The van der Waals surface area contributed by atoms with Crippen molar-refractivity contribution in [3.05, 3.63) is 16.6 Å². The molecule has 1 aliphatic heterocycles. The van der Waals surface area contributed by atoms with Gasteiger partial charge in [-0.25, -0.2) is 4.98 Å². The van der Waals surface area contributed by atoms with Gasteiger partial charge in [-0.3, -0.25) is 4.79 Å². The molecule has 1 aromatic heterocycles. The largest absolute Gasteiger partial charge is 0.392 e. The van der Waals surface area contributed by atoms with Crippen LogP contribution in [0.15, 0.2) is 10.9 Å². The molecule has 1 aromatic rings. The summed E-state index contributed by atoms with van der Waals surface area (Å²) in [5.41, 5.74) is 1.16. The maximum atomic E-state index is 13.1. The normalized spacial score (nSPS) is 25.6. The number of carbonyl (C=O) groups excluding carboxylic acids is 1. The minimum absolute atomic E-state index is 0.0133. The zero-order chi connectivity index (χ0) is 14.4. The first kappa shape index (κ1) is 13.9. The molecule has 1 saturated heterocycles. The Bertz CT molecular complexity index is 496. The first-order valence-corrected chi connectivity index (χ1v) is 7.61. The molecule has 20 heavy (non-hydrogen) atoms. The lowest BCUT2D eigenvalue weighted by Gasteiger charge is -2.54. The van der Waals surface area contributed by atoms with E-state index >= 15 is 0 Å². The summed E-state index contributed by atoms with van der Waals surface area (Å²) in [4.78, 5) is 17.7. The number of hydrogen-bond acceptors (Lipinski definition) is 3. The minimum atomic E-state index is -4.16. The smallest absolute Gasteiger partial charge is 0.337 e. The number of hydrogen-bond donors (Lipinski definition) is 0. The Morgan fingerprint density at radius 3 is 2.70 bits per heavy atom. The van der Waals surface area contributed by atoms with Crippen molar-refractivity contribution >= 4 is 17.2 Å². The molecule has 2 fully saturated rings. The Kier molecular flexibility index (Phi) is 3.27. The van der Waals surface area contributed by atoms with E-state index in [0.29, 0.717) is 18.5 Å². The summed E-state index contributed by atoms with van der Waals surface area (Å²) in [6.07, 6.45) is -2.18. The number of carbonyl (C=O) groups is 1. The van der Waals surface area contributed by atoms with Crippen molar-refractivity contribution in [1.29, 1.82) is 0 Å². The maximum Gasteiger partial charge on any atom is 0.392 e. The van der Waals surface area contributed by atoms with Crippen LogP contribution in [-0.2, 0) is 0 Å². The quantitative estimate of drug-likeness (QED) is 0.797. The van der Waals surface area contributed by atoms with E-state index < -0.39 is 17.5 Å². The van der Waals surface area contributed by atoms with Crippen LogP contribution < -0.4 is 0 Å². The predicted octanol–water partition coefficient (Wildman–Crippen LogP) is 3.34. The van der Waals surface area contributed by atoms with Crippen LogP contribution in [0.2, 0.25) is 0 Å². The zero-order valence-corrected chi connectivity index (χ0v) is 11.6. The second kappa shape index (κ2) is 4.72. The van der Waals surface area contributed by atoms with Gasteiger partial charge in [-0.15, -0.1) is 11.3 Å². The molecule has 0 radical (unpaired) electrons. The van der Waals surface area contributed by atoms with Gasteiger partial charge in [0.2, 0.25) is 0 Å². The van der Waals surface area contributed by atoms with Gasteiger partial charge in [0.15, 0.2) is 0 Å². The van der Waals surface area contributed by atoms with Crippen molar-refractivity contribution in [2.75, 3.05) is 13.1 Å². The van der Waals surface area contributed by atoms with Gasteiger partial charge in [0.05, 0.1) is 11.4 Å². The molecule has 1 amide bonds. The summed E-state index contributed by atoms with van der Waals surface area (Å²) in [5.74, 6) is -1.50. The van der Waals surface area contributed by atoms with E-state index in [1.165, 1.54) is 11.3 Å². The van der Waals surface area contributed by atoms with E-state index in [0.717, 1.165) is 6.42 Å². The molecule has 3 rings (SSSR count). The second-order valence-corrected chi connectivity index (χ2v) is 6.42. The molecule has 0 aromatic carbocycles. The second-order valence-electron chi connectivity index (χ2n) is 5.70. The van der Waals surface area contributed by atoms with E-state index in [2.05, 4.69) is 4.98 Å². The lowest BCUT2D eigenvalue weighted by Crippen LogP contribution is -2.57. The van der Waals surface area contributed by atoms with Crippen molar-refractivity contribution in [3.63, 3.8) is 0 Å². The van der Waals surface area contributed by atoms with Crippen LogP contribution >= 0.6 is 11.3 Å². The van der Waals surface area contributed by atoms with Gasteiger partial charge in [0.25, 0.3) is 5.91 Å². The van der Waals surface area contributed by atoms with Gasteiger partial charge < -0.3 is 4.90 Å². The molecule has 7 heteroatoms. The highest BCUT2D eigenvalue weighted by Crippen LogP contribution is 2.56. The molecule has 1 spiro atoms. The third-order valence-corrected chi connectivity index (χ3v) is 5.20. The molecule has 1 saturated carbocycles. The highest BCUT2D eigenvalue weighted by Gasteiger charge is 2.58. The van der Waals surface area contributed by atoms with Gasteiger partial charge in [0.1, 0.15) is 5.69 Å². The molecular weight excluding hydrogens is 289 g/mol. The number of alkyl halides is 3. The number of thiazole rings is 1. The van der Waals surface area contributed by atoms with Crippen LogP contribution in [-0.4, -0.2) is 35.1 Å². The van der Waals surface area contributed by atoms with Crippen LogP contribution in [0.25, 0.3) is 0 Å². The van der Waals surface area contributed by atoms with Gasteiger partial charge in [-0.2, -0.15) is 13.2 Å². The first-order valence-electron chi connectivity index (χ1n) is 6.67. The van der Waals surface area contributed by atoms with Crippen molar-refractivity contribution in [2.45, 2.75) is 31.9 Å². The number of rotatable bonds is 1. The van der Waals surface area contributed by atoms with Crippen LogP contribution in [0.3, 0.4) is 0 Å². The molecule has 1 atom stereocenters. The summed E-state index contributed by atoms with van der Waals surface area (Å²) in [6, 6.07) is 0. The lowest BCUT2D eigenvalue weighted by atomic mass is 9.58. The Balaban J connectivity index is 1.78. The number of piperidine rings is 1. The van der Waals surface area contributed by atoms with Crippen LogP contribution in [0.4, 0.5) is 13.2 Å². The SMILES string of the molecule is O=C(c1cscn1)N1CC[C@H](C(F)(F)F)C2(CCC2)C1. The minimum Gasteiger partial charge on any atom is -0.337 e. The van der Waals surface area contributed by atoms with E-state index in [1.807, 2.05) is 0 Å². The summed E-state index contributed by atoms with van der Waals surface area (Å²) in [5, 5.41) is 1.64. The first-order chi connectivity index (χ1) is 9.42. The molecule has 0 bridgehead atoms. The van der Waals surface area contributed by atoms with Crippen molar-refractivity contribution < 1.29 is 18.0 Å². The van der Waals surface area contributed by atoms with E-state index in [4.69, 9.17) is 0 Å². The predicted molar refractivity (Wildman–Crippen MR) is 68.5 cm³/mol. The molecule has 1 aliphatic carbocycles. The van der Waals surface area contributed by atoms with Crippen LogP contribution in [0.1, 0.15) is 36.2 Å². The molecule has 2 heterocycles. The third-order valence-electron chi connectivity index (χ3n) is 4.62. The maximum absolute atomic E-state index is 13.1. The average Bonchev–Trinajstić information content (AvgIpc) is 2.88. The Hall–Kier alpha value is -1.11. The van der Waals surface area contributed by atoms with Crippen molar-refractivity contribution in [3.8, 4) is 0 Å². The number of aromatic nitrogens is 1. The molecule has 2 aliphatic rings. The molecule has 0 N–H and O–H groups in total. The van der Waals surface area contributed by atoms with Gasteiger partial charge in [-0.1, -0.05) is 6.42 Å². The summed E-state index contributed by atoms with van der Waals surface area (Å²) in [7, 11) is 0. The number of likely N-dealkylation sites (tertiary alicyclic amines) is 1.